The zero-order chi connectivity index (χ0) is 27.4. The van der Waals surface area contributed by atoms with Gasteiger partial charge in [-0.1, -0.05) is 0 Å². The average molecular weight is 547 g/mol. The second-order valence-electron chi connectivity index (χ2n) is 8.81. The average Bonchev–Trinajstić information content (AvgIpc) is 2.89. The van der Waals surface area contributed by atoms with E-state index in [1.807, 2.05) is 0 Å². The van der Waals surface area contributed by atoms with Crippen LogP contribution in [0.2, 0.25) is 0 Å². The minimum absolute atomic E-state index is 0.0144. The number of carbonyl (C=O) groups is 1. The fraction of sp³-hybridized carbons (Fsp3) is 0.435. The van der Waals surface area contributed by atoms with Crippen LogP contribution in [0, 0.1) is 0 Å². The number of nitrogen functional groups attached to an aromatic ring is 1. The van der Waals surface area contributed by atoms with Gasteiger partial charge in [0.1, 0.15) is 11.8 Å². The van der Waals surface area contributed by atoms with Gasteiger partial charge in [-0.2, -0.15) is 4.31 Å². The van der Waals surface area contributed by atoms with E-state index in [9.17, 15) is 18.0 Å². The van der Waals surface area contributed by atoms with Crippen molar-refractivity contribution in [2.45, 2.75) is 6.42 Å². The van der Waals surface area contributed by atoms with Crippen LogP contribution in [0.4, 0.5) is 11.6 Å². The zero-order valence-corrected chi connectivity index (χ0v) is 22.2. The number of anilines is 2. The topological polar surface area (TPSA) is 175 Å². The maximum absolute atomic E-state index is 13.1. The molecular weight excluding hydrogens is 516 g/mol. The number of nitrogens with two attached hydrogens (primary N) is 1. The van der Waals surface area contributed by atoms with Gasteiger partial charge in [0.25, 0.3) is 11.5 Å². The van der Waals surface area contributed by atoms with E-state index in [2.05, 4.69) is 25.2 Å². The highest BCUT2D eigenvalue weighted by Gasteiger charge is 2.24. The number of rotatable bonds is 9. The van der Waals surface area contributed by atoms with Crippen LogP contribution in [0.15, 0.2) is 29.6 Å². The lowest BCUT2D eigenvalue weighted by Crippen LogP contribution is -2.48. The Balaban J connectivity index is 1.50. The first-order valence-corrected chi connectivity index (χ1v) is 13.7. The lowest BCUT2D eigenvalue weighted by Gasteiger charge is -2.33. The van der Waals surface area contributed by atoms with Crippen LogP contribution in [0.25, 0.3) is 10.9 Å². The number of methoxy groups -OCH3 is 1. The van der Waals surface area contributed by atoms with Crippen LogP contribution in [-0.2, 0) is 17.1 Å². The molecule has 1 fully saturated rings. The summed E-state index contributed by atoms with van der Waals surface area (Å²) in [7, 11) is -0.274. The van der Waals surface area contributed by atoms with Gasteiger partial charge in [0, 0.05) is 58.2 Å². The summed E-state index contributed by atoms with van der Waals surface area (Å²) in [6, 6.07) is 1.52. The summed E-state index contributed by atoms with van der Waals surface area (Å²) in [6.07, 6.45) is 5.88. The molecule has 14 nitrogen and oxygen atoms in total. The van der Waals surface area contributed by atoms with E-state index >= 15 is 0 Å². The fourth-order valence-corrected chi connectivity index (χ4v) is 5.01. The van der Waals surface area contributed by atoms with Crippen LogP contribution in [-0.4, -0.2) is 95.7 Å². The second-order valence-corrected chi connectivity index (χ2v) is 10.8. The van der Waals surface area contributed by atoms with Crippen molar-refractivity contribution in [3.8, 4) is 11.5 Å². The van der Waals surface area contributed by atoms with E-state index in [0.29, 0.717) is 45.0 Å². The minimum Gasteiger partial charge on any atom is -0.491 e. The molecule has 1 saturated heterocycles. The third-order valence-corrected chi connectivity index (χ3v) is 7.54. The lowest BCUT2D eigenvalue weighted by atomic mass is 10.1. The number of carbonyl (C=O) groups excluding carboxylic acids is 1. The summed E-state index contributed by atoms with van der Waals surface area (Å²) in [6.45, 7) is 3.28. The van der Waals surface area contributed by atoms with Crippen molar-refractivity contribution in [1.82, 2.24) is 28.7 Å². The van der Waals surface area contributed by atoms with Crippen molar-refractivity contribution >= 4 is 38.5 Å². The van der Waals surface area contributed by atoms with Crippen LogP contribution in [0.1, 0.15) is 16.8 Å². The third kappa shape index (κ3) is 5.84. The molecule has 0 bridgehead atoms. The number of piperazine rings is 1. The number of benzene rings is 1. The summed E-state index contributed by atoms with van der Waals surface area (Å²) >= 11 is 0. The molecular formula is C23H30N8O6S. The number of hydrogen-bond donors (Lipinski definition) is 2. The second kappa shape index (κ2) is 11.3. The molecule has 1 amide bonds. The van der Waals surface area contributed by atoms with Gasteiger partial charge in [-0.25, -0.2) is 23.4 Å². The lowest BCUT2D eigenvalue weighted by molar-refractivity contribution is 0.102. The van der Waals surface area contributed by atoms with E-state index in [-0.39, 0.29) is 33.9 Å². The molecule has 4 rings (SSSR count). The molecule has 38 heavy (non-hydrogen) atoms. The Hall–Kier alpha value is -3.82. The van der Waals surface area contributed by atoms with Gasteiger partial charge < -0.3 is 20.1 Å². The molecule has 1 aliphatic heterocycles. The molecule has 204 valence electrons. The van der Waals surface area contributed by atoms with Gasteiger partial charge in [0.2, 0.25) is 16.0 Å². The molecule has 0 saturated carbocycles. The fourth-order valence-electron chi connectivity index (χ4n) is 4.18. The molecule has 1 aromatic carbocycles. The largest absolute Gasteiger partial charge is 0.491 e. The Morgan fingerprint density at radius 2 is 1.87 bits per heavy atom. The van der Waals surface area contributed by atoms with Crippen molar-refractivity contribution in [3.05, 3.63) is 40.7 Å². The van der Waals surface area contributed by atoms with Gasteiger partial charge in [0.05, 0.1) is 36.6 Å². The first-order chi connectivity index (χ1) is 18.1. The highest BCUT2D eigenvalue weighted by atomic mass is 32.2. The maximum Gasteiger partial charge on any atom is 0.264 e. The monoisotopic (exact) mass is 546 g/mol. The zero-order valence-electron chi connectivity index (χ0n) is 21.4. The van der Waals surface area contributed by atoms with Crippen LogP contribution >= 0.6 is 0 Å². The number of ether oxygens (including phenoxy) is 2. The van der Waals surface area contributed by atoms with Crippen molar-refractivity contribution in [1.29, 1.82) is 0 Å². The Kier molecular flexibility index (Phi) is 8.08. The number of hydrogen-bond acceptors (Lipinski definition) is 11. The number of fused-ring (bicyclic) bond motifs is 1. The maximum atomic E-state index is 13.1. The Morgan fingerprint density at radius 1 is 1.18 bits per heavy atom. The molecule has 0 aliphatic carbocycles. The smallest absolute Gasteiger partial charge is 0.264 e. The molecule has 0 atom stereocenters. The van der Waals surface area contributed by atoms with Gasteiger partial charge in [-0.3, -0.25) is 19.5 Å². The molecule has 3 heterocycles. The van der Waals surface area contributed by atoms with Crippen molar-refractivity contribution in [2.24, 2.45) is 7.05 Å². The number of aromatic nitrogens is 4. The number of nitrogens with zero attached hydrogens (tertiary/aromatic N) is 6. The van der Waals surface area contributed by atoms with Crippen LogP contribution in [0.5, 0.6) is 11.5 Å². The van der Waals surface area contributed by atoms with Gasteiger partial charge in [-0.05, 0) is 6.42 Å². The SMILES string of the molecule is COc1c(OCCCN2CCN(S(C)(=O)=O)CC2)cc(N)c2c(=O)n(C)c(NC(=O)c3cncnc3)nc12. The molecule has 0 radical (unpaired) electrons. The standard InChI is InChI=1S/C23H30N8O6S/c1-29-22(33)18-16(24)11-17(37-10-4-5-30-6-8-31(9-7-30)38(3,34)35)20(36-2)19(18)27-23(29)28-21(32)15-12-25-14-26-13-15/h11-14H,4-10,24H2,1-3H3,(H,27,28,32). The molecule has 0 spiro atoms. The summed E-state index contributed by atoms with van der Waals surface area (Å²) in [5.41, 5.74) is 6.25. The van der Waals surface area contributed by atoms with Crippen molar-refractivity contribution in [3.63, 3.8) is 0 Å². The molecule has 1 aliphatic rings. The quantitative estimate of drug-likeness (QED) is 0.271. The summed E-state index contributed by atoms with van der Waals surface area (Å²) < 4.78 is 37.5. The number of amides is 1. The molecule has 3 aromatic rings. The van der Waals surface area contributed by atoms with E-state index in [4.69, 9.17) is 15.2 Å². The Labute approximate surface area is 219 Å². The minimum atomic E-state index is -3.17. The highest BCUT2D eigenvalue weighted by Crippen LogP contribution is 2.37. The third-order valence-electron chi connectivity index (χ3n) is 6.23. The number of sulfonamides is 1. The van der Waals surface area contributed by atoms with E-state index in [0.717, 1.165) is 6.54 Å². The predicted octanol–water partition coefficient (Wildman–Crippen LogP) is -0.0873. The van der Waals surface area contributed by atoms with Crippen molar-refractivity contribution < 1.29 is 22.7 Å². The Morgan fingerprint density at radius 3 is 2.50 bits per heavy atom. The normalized spacial score (nSPS) is 14.9. The van der Waals surface area contributed by atoms with E-state index < -0.39 is 21.5 Å². The van der Waals surface area contributed by atoms with E-state index in [1.165, 1.54) is 54.1 Å². The van der Waals surface area contributed by atoms with Crippen molar-refractivity contribution in [2.75, 3.05) is 63.7 Å². The van der Waals surface area contributed by atoms with Gasteiger partial charge in [0.15, 0.2) is 11.5 Å². The molecule has 3 N–H and O–H groups in total. The molecule has 2 aromatic heterocycles. The first-order valence-electron chi connectivity index (χ1n) is 11.8. The summed E-state index contributed by atoms with van der Waals surface area (Å²) in [4.78, 5) is 40.0. The van der Waals surface area contributed by atoms with Gasteiger partial charge >= 0.3 is 0 Å². The van der Waals surface area contributed by atoms with Crippen LogP contribution in [0.3, 0.4) is 0 Å². The highest BCUT2D eigenvalue weighted by molar-refractivity contribution is 7.88. The molecule has 15 heteroatoms. The Bertz CT molecular complexity index is 1490. The van der Waals surface area contributed by atoms with Crippen LogP contribution < -0.4 is 26.1 Å². The first kappa shape index (κ1) is 27.2. The summed E-state index contributed by atoms with van der Waals surface area (Å²) in [5, 5.41) is 2.74. The summed E-state index contributed by atoms with van der Waals surface area (Å²) in [5.74, 6) is -0.0234. The number of nitrogens with one attached hydrogen (secondary N) is 1. The van der Waals surface area contributed by atoms with Gasteiger partial charge in [-0.15, -0.1) is 0 Å². The molecule has 0 unspecified atom stereocenters. The van der Waals surface area contributed by atoms with E-state index in [1.54, 1.807) is 0 Å². The predicted molar refractivity (Wildman–Crippen MR) is 141 cm³/mol.